The topological polar surface area (TPSA) is 114 Å². The van der Waals surface area contributed by atoms with Crippen LogP contribution in [0, 0.1) is 6.92 Å². The molecule has 206 valence electrons. The number of amides is 4. The second kappa shape index (κ2) is 13.0. The van der Waals surface area contributed by atoms with Crippen molar-refractivity contribution in [3.63, 3.8) is 0 Å². The van der Waals surface area contributed by atoms with Crippen molar-refractivity contribution in [2.75, 3.05) is 30.9 Å². The number of hydrogen-bond donors (Lipinski definition) is 2. The Kier molecular flexibility index (Phi) is 9.51. The van der Waals surface area contributed by atoms with Crippen molar-refractivity contribution in [3.05, 3.63) is 86.2 Å². The van der Waals surface area contributed by atoms with Crippen LogP contribution in [0.15, 0.2) is 70.0 Å². The van der Waals surface area contributed by atoms with Gasteiger partial charge in [0, 0.05) is 10.2 Å². The van der Waals surface area contributed by atoms with Gasteiger partial charge in [0.15, 0.2) is 18.1 Å². The summed E-state index contributed by atoms with van der Waals surface area (Å²) in [6.45, 7) is 1.23. The highest BCUT2D eigenvalue weighted by molar-refractivity contribution is 9.10. The van der Waals surface area contributed by atoms with Gasteiger partial charge in [-0.25, -0.2) is 0 Å². The summed E-state index contributed by atoms with van der Waals surface area (Å²) in [4.78, 5) is 51.3. The molecule has 0 spiro atoms. The van der Waals surface area contributed by atoms with E-state index in [0.717, 1.165) is 10.5 Å². The number of nitrogens with zero attached hydrogens (tertiary/aromatic N) is 1. The maximum atomic E-state index is 12.9. The third kappa shape index (κ3) is 7.23. The number of rotatable bonds is 9. The van der Waals surface area contributed by atoms with Crippen LogP contribution in [0.2, 0.25) is 5.02 Å². The smallest absolute Gasteiger partial charge is 0.294 e. The molecule has 1 heterocycles. The largest absolute Gasteiger partial charge is 0.493 e. The number of ether oxygens (including phenoxy) is 2. The van der Waals surface area contributed by atoms with Crippen molar-refractivity contribution in [3.8, 4) is 11.5 Å². The molecular formula is C28H23BrClN3O6S. The van der Waals surface area contributed by atoms with E-state index in [1.807, 2.05) is 19.1 Å². The number of methoxy groups -OCH3 is 1. The molecule has 1 fully saturated rings. The third-order valence-electron chi connectivity index (χ3n) is 5.59. The van der Waals surface area contributed by atoms with Crippen molar-refractivity contribution in [2.45, 2.75) is 6.92 Å². The van der Waals surface area contributed by atoms with Crippen LogP contribution in [0.4, 0.5) is 16.2 Å². The minimum atomic E-state index is -0.608. The molecule has 0 saturated carbocycles. The normalized spacial score (nSPS) is 13.9. The fraction of sp³-hybridized carbons (Fsp3) is 0.143. The van der Waals surface area contributed by atoms with E-state index >= 15 is 0 Å². The zero-order valence-electron chi connectivity index (χ0n) is 21.3. The molecule has 9 nitrogen and oxygen atoms in total. The van der Waals surface area contributed by atoms with Gasteiger partial charge in [0.2, 0.25) is 5.91 Å². The van der Waals surface area contributed by atoms with Gasteiger partial charge in [-0.1, -0.05) is 57.4 Å². The predicted octanol–water partition coefficient (Wildman–Crippen LogP) is 6.11. The van der Waals surface area contributed by atoms with Crippen molar-refractivity contribution >= 4 is 79.7 Å². The monoisotopic (exact) mass is 643 g/mol. The Morgan fingerprint density at radius 3 is 2.45 bits per heavy atom. The van der Waals surface area contributed by atoms with Crippen LogP contribution in [0.3, 0.4) is 0 Å². The fourth-order valence-corrected chi connectivity index (χ4v) is 5.03. The lowest BCUT2D eigenvalue weighted by Crippen LogP contribution is -2.36. The van der Waals surface area contributed by atoms with Gasteiger partial charge in [0.1, 0.15) is 6.54 Å². The zero-order chi connectivity index (χ0) is 28.8. The minimum absolute atomic E-state index is 0.129. The molecule has 0 radical (unpaired) electrons. The summed E-state index contributed by atoms with van der Waals surface area (Å²) in [5, 5.41) is 5.11. The van der Waals surface area contributed by atoms with Gasteiger partial charge in [-0.2, -0.15) is 0 Å². The van der Waals surface area contributed by atoms with Gasteiger partial charge < -0.3 is 20.1 Å². The molecule has 2 N–H and O–H groups in total. The first-order valence-electron chi connectivity index (χ1n) is 11.8. The molecule has 4 amide bonds. The number of benzene rings is 3. The summed E-state index contributed by atoms with van der Waals surface area (Å²) in [7, 11) is 1.44. The molecule has 0 bridgehead atoms. The van der Waals surface area contributed by atoms with E-state index in [0.29, 0.717) is 49.7 Å². The quantitative estimate of drug-likeness (QED) is 0.270. The number of nitrogens with one attached hydrogen (secondary N) is 2. The number of aryl methyl sites for hydroxylation is 1. The number of thioether (sulfide) groups is 1. The first-order valence-corrected chi connectivity index (χ1v) is 13.8. The first kappa shape index (κ1) is 29.2. The standard InChI is InChI=1S/C28H23BrClN3O6S/c1-16-7-9-18(10-8-16)31-26(35)15-39-23-13-19(29)17(11-22(23)38-2)12-24-27(36)33(28(37)40-24)14-25(34)32-21-6-4-3-5-20(21)30/h3-13H,14-15H2,1-2H3,(H,31,35)(H,32,34)/b24-12+. The van der Waals surface area contributed by atoms with E-state index in [4.69, 9.17) is 21.1 Å². The number of para-hydroxylation sites is 1. The number of hydrogen-bond acceptors (Lipinski definition) is 7. The Morgan fingerprint density at radius 1 is 1.02 bits per heavy atom. The molecule has 1 saturated heterocycles. The van der Waals surface area contributed by atoms with Crippen molar-refractivity contribution < 1.29 is 28.7 Å². The molecular weight excluding hydrogens is 622 g/mol. The molecule has 1 aliphatic rings. The Hall–Kier alpha value is -3.80. The number of imide groups is 1. The first-order chi connectivity index (χ1) is 19.1. The highest BCUT2D eigenvalue weighted by atomic mass is 79.9. The van der Waals surface area contributed by atoms with Crippen LogP contribution in [0.5, 0.6) is 11.5 Å². The predicted molar refractivity (Wildman–Crippen MR) is 159 cm³/mol. The summed E-state index contributed by atoms with van der Waals surface area (Å²) in [5.41, 5.74) is 2.63. The van der Waals surface area contributed by atoms with Crippen LogP contribution in [-0.2, 0) is 14.4 Å². The zero-order valence-corrected chi connectivity index (χ0v) is 24.5. The van der Waals surface area contributed by atoms with Crippen molar-refractivity contribution in [1.82, 2.24) is 4.90 Å². The van der Waals surface area contributed by atoms with Crippen LogP contribution in [0.25, 0.3) is 6.08 Å². The Bertz CT molecular complexity index is 1510. The second-order valence-corrected chi connectivity index (χ2v) is 10.8. The molecule has 0 aliphatic carbocycles. The summed E-state index contributed by atoms with van der Waals surface area (Å²) >= 11 is 10.2. The van der Waals surface area contributed by atoms with Crippen LogP contribution >= 0.6 is 39.3 Å². The lowest BCUT2D eigenvalue weighted by atomic mass is 10.2. The molecule has 1 aliphatic heterocycles. The third-order valence-corrected chi connectivity index (χ3v) is 7.51. The van der Waals surface area contributed by atoms with Crippen LogP contribution < -0.4 is 20.1 Å². The molecule has 0 atom stereocenters. The van der Waals surface area contributed by atoms with Crippen LogP contribution in [-0.4, -0.2) is 48.1 Å². The van der Waals surface area contributed by atoms with Crippen molar-refractivity contribution in [1.29, 1.82) is 0 Å². The van der Waals surface area contributed by atoms with E-state index in [-0.39, 0.29) is 17.4 Å². The van der Waals surface area contributed by atoms with E-state index in [1.165, 1.54) is 13.2 Å². The van der Waals surface area contributed by atoms with Gasteiger partial charge in [-0.05, 0) is 66.7 Å². The van der Waals surface area contributed by atoms with Gasteiger partial charge >= 0.3 is 0 Å². The second-order valence-electron chi connectivity index (χ2n) is 8.52. The van der Waals surface area contributed by atoms with Gasteiger partial charge in [-0.3, -0.25) is 24.1 Å². The van der Waals surface area contributed by atoms with E-state index in [2.05, 4.69) is 26.6 Å². The van der Waals surface area contributed by atoms with Crippen molar-refractivity contribution in [2.24, 2.45) is 0 Å². The number of carbonyl (C=O) groups excluding carboxylic acids is 4. The maximum absolute atomic E-state index is 12.9. The Morgan fingerprint density at radius 2 is 1.75 bits per heavy atom. The Balaban J connectivity index is 1.42. The minimum Gasteiger partial charge on any atom is -0.493 e. The summed E-state index contributed by atoms with van der Waals surface area (Å²) < 4.78 is 11.6. The number of carbonyl (C=O) groups is 4. The average molecular weight is 645 g/mol. The Labute approximate surface area is 248 Å². The summed E-state index contributed by atoms with van der Waals surface area (Å²) in [5.74, 6) is -0.903. The van der Waals surface area contributed by atoms with E-state index in [9.17, 15) is 19.2 Å². The van der Waals surface area contributed by atoms with E-state index in [1.54, 1.807) is 48.5 Å². The molecule has 4 rings (SSSR count). The molecule has 0 unspecified atom stereocenters. The molecule has 3 aromatic carbocycles. The van der Waals surface area contributed by atoms with Gasteiger partial charge in [0.05, 0.1) is 22.7 Å². The molecule has 3 aromatic rings. The maximum Gasteiger partial charge on any atom is 0.294 e. The van der Waals surface area contributed by atoms with Crippen LogP contribution in [0.1, 0.15) is 11.1 Å². The molecule has 12 heteroatoms. The SMILES string of the molecule is COc1cc(/C=C2/SC(=O)N(CC(=O)Nc3ccccc3Cl)C2=O)c(Br)cc1OCC(=O)Nc1ccc(C)cc1. The van der Waals surface area contributed by atoms with Gasteiger partial charge in [-0.15, -0.1) is 0 Å². The fourth-order valence-electron chi connectivity index (χ4n) is 3.58. The van der Waals surface area contributed by atoms with Gasteiger partial charge in [0.25, 0.3) is 17.1 Å². The lowest BCUT2D eigenvalue weighted by molar-refractivity contribution is -0.127. The van der Waals surface area contributed by atoms with E-state index < -0.39 is 23.6 Å². The molecule has 0 aromatic heterocycles. The highest BCUT2D eigenvalue weighted by Gasteiger charge is 2.36. The lowest BCUT2D eigenvalue weighted by Gasteiger charge is -2.14. The number of anilines is 2. The summed E-state index contributed by atoms with van der Waals surface area (Å²) in [6, 6.07) is 17.2. The molecule has 40 heavy (non-hydrogen) atoms. The summed E-state index contributed by atoms with van der Waals surface area (Å²) in [6.07, 6.45) is 1.51. The average Bonchev–Trinajstić information content (AvgIpc) is 3.18. The number of halogens is 2. The highest BCUT2D eigenvalue weighted by Crippen LogP contribution is 2.38.